The van der Waals surface area contributed by atoms with Crippen LogP contribution in [0.1, 0.15) is 45.1 Å². The van der Waals surface area contributed by atoms with Gasteiger partial charge in [0.05, 0.1) is 4.90 Å². The average Bonchev–Trinajstić information content (AvgIpc) is 2.82. The zero-order valence-electron chi connectivity index (χ0n) is 14.7. The van der Waals surface area contributed by atoms with Gasteiger partial charge in [-0.1, -0.05) is 31.9 Å². The van der Waals surface area contributed by atoms with Gasteiger partial charge in [0.15, 0.2) is 0 Å². The highest BCUT2D eigenvalue weighted by atomic mass is 32.2. The van der Waals surface area contributed by atoms with E-state index in [0.717, 1.165) is 12.8 Å². The smallest absolute Gasteiger partial charge is 0.263 e. The molecular formula is C17H26N4O3S. The molecule has 1 aliphatic heterocycles. The second-order valence-electron chi connectivity index (χ2n) is 6.29. The summed E-state index contributed by atoms with van der Waals surface area (Å²) in [6.07, 6.45) is 3.00. The van der Waals surface area contributed by atoms with Crippen molar-refractivity contribution in [1.82, 2.24) is 10.0 Å². The molecule has 4 N–H and O–H groups in total. The van der Waals surface area contributed by atoms with Crippen LogP contribution in [0.5, 0.6) is 0 Å². The Morgan fingerprint density at radius 2 is 2.04 bits per heavy atom. The van der Waals surface area contributed by atoms with Gasteiger partial charge in [0.2, 0.25) is 5.91 Å². The number of amidine groups is 1. The van der Waals surface area contributed by atoms with E-state index < -0.39 is 16.1 Å². The summed E-state index contributed by atoms with van der Waals surface area (Å²) in [5, 5.41) is 2.84. The molecule has 8 heteroatoms. The van der Waals surface area contributed by atoms with E-state index in [1.54, 1.807) is 18.2 Å². The van der Waals surface area contributed by atoms with Gasteiger partial charge in [0, 0.05) is 18.2 Å². The zero-order valence-corrected chi connectivity index (χ0v) is 15.5. The van der Waals surface area contributed by atoms with Crippen LogP contribution in [0.25, 0.3) is 0 Å². The van der Waals surface area contributed by atoms with Crippen molar-refractivity contribution in [2.45, 2.75) is 56.5 Å². The number of carbonyl (C=O) groups excluding carboxylic acids is 1. The molecule has 1 aromatic rings. The van der Waals surface area contributed by atoms with Gasteiger partial charge >= 0.3 is 0 Å². The molecule has 1 amide bonds. The van der Waals surface area contributed by atoms with Crippen LogP contribution in [0, 0.1) is 0 Å². The number of nitrogens with two attached hydrogens (primary N) is 1. The van der Waals surface area contributed by atoms with Gasteiger partial charge in [0.1, 0.15) is 11.9 Å². The van der Waals surface area contributed by atoms with Crippen LogP contribution in [0.15, 0.2) is 34.2 Å². The number of fused-ring (bicyclic) bond motifs is 1. The summed E-state index contributed by atoms with van der Waals surface area (Å²) >= 11 is 0. The minimum Gasteiger partial charge on any atom is -0.354 e. The predicted molar refractivity (Wildman–Crippen MR) is 97.9 cm³/mol. The number of nitrogens with one attached hydrogen (secondary N) is 2. The van der Waals surface area contributed by atoms with Crippen molar-refractivity contribution in [3.63, 3.8) is 0 Å². The number of hydrogen-bond donors (Lipinski definition) is 3. The van der Waals surface area contributed by atoms with E-state index in [1.807, 2.05) is 13.8 Å². The van der Waals surface area contributed by atoms with Crippen LogP contribution in [0.4, 0.5) is 0 Å². The fraction of sp³-hybridized carbons (Fsp3) is 0.529. The molecule has 0 radical (unpaired) electrons. The Bertz CT molecular complexity index is 744. The van der Waals surface area contributed by atoms with E-state index in [1.165, 1.54) is 6.07 Å². The lowest BCUT2D eigenvalue weighted by atomic mass is 10.1. The molecule has 0 spiro atoms. The van der Waals surface area contributed by atoms with Crippen LogP contribution in [-0.4, -0.2) is 38.8 Å². The molecule has 2 atom stereocenters. The molecule has 0 saturated heterocycles. The Morgan fingerprint density at radius 3 is 2.72 bits per heavy atom. The molecular weight excluding hydrogens is 340 g/mol. The third-order valence-electron chi connectivity index (χ3n) is 3.98. The van der Waals surface area contributed by atoms with Gasteiger partial charge < -0.3 is 11.1 Å². The van der Waals surface area contributed by atoms with Crippen molar-refractivity contribution in [1.29, 1.82) is 0 Å². The number of amides is 1. The van der Waals surface area contributed by atoms with Crippen LogP contribution in [0.2, 0.25) is 0 Å². The topological polar surface area (TPSA) is 114 Å². The highest BCUT2D eigenvalue weighted by molar-refractivity contribution is 7.90. The van der Waals surface area contributed by atoms with Crippen molar-refractivity contribution in [3.05, 3.63) is 29.8 Å². The Balaban J connectivity index is 2.21. The van der Waals surface area contributed by atoms with E-state index in [9.17, 15) is 13.2 Å². The number of hydrogen-bond acceptors (Lipinski definition) is 5. The fourth-order valence-electron chi connectivity index (χ4n) is 2.58. The number of carbonyl (C=O) groups is 1. The van der Waals surface area contributed by atoms with E-state index >= 15 is 0 Å². The van der Waals surface area contributed by atoms with Crippen molar-refractivity contribution in [2.75, 3.05) is 6.54 Å². The Morgan fingerprint density at radius 1 is 1.32 bits per heavy atom. The third kappa shape index (κ3) is 5.02. The van der Waals surface area contributed by atoms with Gasteiger partial charge in [-0.2, -0.15) is 0 Å². The maximum atomic E-state index is 12.5. The summed E-state index contributed by atoms with van der Waals surface area (Å²) in [5.41, 5.74) is 6.20. The summed E-state index contributed by atoms with van der Waals surface area (Å²) in [6.45, 7) is 4.39. The van der Waals surface area contributed by atoms with Gasteiger partial charge in [-0.3, -0.25) is 14.5 Å². The first kappa shape index (κ1) is 19.4. The van der Waals surface area contributed by atoms with Crippen molar-refractivity contribution >= 4 is 21.8 Å². The van der Waals surface area contributed by atoms with Crippen LogP contribution in [0.3, 0.4) is 0 Å². The Kier molecular flexibility index (Phi) is 6.55. The molecule has 0 bridgehead atoms. The quantitative estimate of drug-likeness (QED) is 0.640. The maximum absolute atomic E-state index is 12.5. The molecule has 1 aromatic carbocycles. The Hall–Kier alpha value is -1.93. The van der Waals surface area contributed by atoms with E-state index in [0.29, 0.717) is 24.9 Å². The third-order valence-corrected chi connectivity index (χ3v) is 5.38. The molecule has 7 nitrogen and oxygen atoms in total. The summed E-state index contributed by atoms with van der Waals surface area (Å²) in [7, 11) is -3.60. The minimum atomic E-state index is -3.60. The lowest BCUT2D eigenvalue weighted by Crippen LogP contribution is -2.37. The second kappa shape index (κ2) is 8.44. The summed E-state index contributed by atoms with van der Waals surface area (Å²) in [6, 6.07) is 6.02. The lowest BCUT2D eigenvalue weighted by Gasteiger charge is -2.14. The molecule has 0 aliphatic carbocycles. The monoisotopic (exact) mass is 366 g/mol. The first-order valence-corrected chi connectivity index (χ1v) is 10.1. The van der Waals surface area contributed by atoms with Crippen LogP contribution >= 0.6 is 0 Å². The predicted octanol–water partition coefficient (Wildman–Crippen LogP) is 1.14. The minimum absolute atomic E-state index is 0.00854. The van der Waals surface area contributed by atoms with Gasteiger partial charge in [0.25, 0.3) is 10.0 Å². The molecule has 2 unspecified atom stereocenters. The first-order valence-electron chi connectivity index (χ1n) is 8.58. The second-order valence-corrected chi connectivity index (χ2v) is 7.95. The normalized spacial score (nSPS) is 19.1. The SMILES string of the molecule is CCCCC(N=C1NS(=O)(=O)c2ccccc21)C(=O)NCCC(C)N. The lowest BCUT2D eigenvalue weighted by molar-refractivity contribution is -0.122. The van der Waals surface area contributed by atoms with Crippen LogP contribution in [-0.2, 0) is 14.8 Å². The van der Waals surface area contributed by atoms with Crippen LogP contribution < -0.4 is 15.8 Å². The standard InChI is InChI=1S/C17H26N4O3S/c1-3-4-8-14(17(22)19-11-10-12(2)18)20-16-13-7-5-6-9-15(13)25(23,24)21-16/h5-7,9,12,14H,3-4,8,10-11,18H2,1-2H3,(H,19,22)(H,20,21). The molecule has 1 aliphatic rings. The van der Waals surface area contributed by atoms with E-state index in [4.69, 9.17) is 5.73 Å². The van der Waals surface area contributed by atoms with E-state index in [2.05, 4.69) is 15.0 Å². The van der Waals surface area contributed by atoms with Crippen molar-refractivity contribution < 1.29 is 13.2 Å². The number of aliphatic imine (C=N–C) groups is 1. The number of rotatable bonds is 8. The van der Waals surface area contributed by atoms with Gasteiger partial charge in [-0.25, -0.2) is 8.42 Å². The van der Waals surface area contributed by atoms with E-state index in [-0.39, 0.29) is 22.7 Å². The molecule has 1 heterocycles. The number of unbranched alkanes of at least 4 members (excludes halogenated alkanes) is 1. The largest absolute Gasteiger partial charge is 0.354 e. The highest BCUT2D eigenvalue weighted by Gasteiger charge is 2.31. The number of nitrogens with zero attached hydrogens (tertiary/aromatic N) is 1. The molecule has 138 valence electrons. The summed E-state index contributed by atoms with van der Waals surface area (Å²) < 4.78 is 26.8. The van der Waals surface area contributed by atoms with Crippen molar-refractivity contribution in [3.8, 4) is 0 Å². The van der Waals surface area contributed by atoms with Crippen molar-refractivity contribution in [2.24, 2.45) is 10.7 Å². The zero-order chi connectivity index (χ0) is 18.4. The van der Waals surface area contributed by atoms with Gasteiger partial charge in [-0.15, -0.1) is 0 Å². The fourth-order valence-corrected chi connectivity index (χ4v) is 3.82. The maximum Gasteiger partial charge on any atom is 0.263 e. The molecule has 25 heavy (non-hydrogen) atoms. The molecule has 0 aromatic heterocycles. The average molecular weight is 366 g/mol. The first-order chi connectivity index (χ1) is 11.8. The molecule has 0 saturated carbocycles. The summed E-state index contributed by atoms with van der Waals surface area (Å²) in [5.74, 6) is 0.0317. The molecule has 0 fully saturated rings. The number of sulfonamides is 1. The summed E-state index contributed by atoms with van der Waals surface area (Å²) in [4.78, 5) is 17.1. The number of benzene rings is 1. The highest BCUT2D eigenvalue weighted by Crippen LogP contribution is 2.23. The Labute approximate surface area is 149 Å². The van der Waals surface area contributed by atoms with Gasteiger partial charge in [-0.05, 0) is 31.9 Å². The molecule has 2 rings (SSSR count).